The highest BCUT2D eigenvalue weighted by Gasteiger charge is 2.24. The summed E-state index contributed by atoms with van der Waals surface area (Å²) >= 11 is 0. The smallest absolute Gasteiger partial charge is 0.331 e. The molecule has 0 radical (unpaired) electrons. The molecule has 2 heterocycles. The molecule has 0 unspecified atom stereocenters. The standard InChI is InChI=1S/C24H24FN5O4/c1-32-21(31)13-33-18-9-2-14(3-10-18)15-4-11-19-20(12-15)28-22(27-19)23-29-30-24(34-23)26-17-7-5-16(25)6-8-17/h4-8,11-12,14,18H,2-3,9-10,13H2,1H3,(H,26,30)(H,27,28)/t14-,18-. The van der Waals surface area contributed by atoms with Crippen LogP contribution in [0.4, 0.5) is 16.1 Å². The van der Waals surface area contributed by atoms with Gasteiger partial charge in [-0.05, 0) is 73.6 Å². The molecule has 9 nitrogen and oxygen atoms in total. The molecule has 0 atom stereocenters. The SMILES string of the molecule is COC(=O)CO[C@H]1CC[C@H](c2ccc3[nH]c(-c4nnc(Nc5ccc(F)cc5)o4)nc3c2)CC1. The van der Waals surface area contributed by atoms with Gasteiger partial charge in [0.05, 0.1) is 24.2 Å². The molecule has 5 rings (SSSR count). The molecular weight excluding hydrogens is 441 g/mol. The van der Waals surface area contributed by atoms with Crippen LogP contribution in [0.15, 0.2) is 46.9 Å². The molecule has 10 heteroatoms. The van der Waals surface area contributed by atoms with Crippen molar-refractivity contribution in [3.8, 4) is 11.7 Å². The monoisotopic (exact) mass is 465 g/mol. The number of rotatable bonds is 7. The molecule has 176 valence electrons. The van der Waals surface area contributed by atoms with E-state index in [4.69, 9.17) is 9.15 Å². The van der Waals surface area contributed by atoms with Gasteiger partial charge >= 0.3 is 12.0 Å². The Bertz CT molecular complexity index is 1280. The van der Waals surface area contributed by atoms with Gasteiger partial charge in [0.1, 0.15) is 12.4 Å². The summed E-state index contributed by atoms with van der Waals surface area (Å²) in [6.45, 7) is 0.00461. The van der Waals surface area contributed by atoms with E-state index in [9.17, 15) is 9.18 Å². The molecule has 2 aromatic heterocycles. The van der Waals surface area contributed by atoms with Gasteiger partial charge in [0.25, 0.3) is 5.89 Å². The molecule has 0 spiro atoms. The summed E-state index contributed by atoms with van der Waals surface area (Å²) in [7, 11) is 1.36. The van der Waals surface area contributed by atoms with Crippen LogP contribution in [0.5, 0.6) is 0 Å². The molecule has 1 saturated carbocycles. The Balaban J connectivity index is 1.24. The van der Waals surface area contributed by atoms with E-state index in [2.05, 4.69) is 42.4 Å². The summed E-state index contributed by atoms with van der Waals surface area (Å²) in [5.41, 5.74) is 3.56. The Hall–Kier alpha value is -3.79. The number of nitrogens with one attached hydrogen (secondary N) is 2. The highest BCUT2D eigenvalue weighted by atomic mass is 19.1. The third kappa shape index (κ3) is 4.91. The predicted octanol–water partition coefficient (Wildman–Crippen LogP) is 4.71. The highest BCUT2D eigenvalue weighted by molar-refractivity contribution is 5.79. The molecule has 1 aliphatic carbocycles. The number of halogens is 1. The van der Waals surface area contributed by atoms with Gasteiger partial charge in [-0.1, -0.05) is 11.2 Å². The summed E-state index contributed by atoms with van der Waals surface area (Å²) in [6, 6.07) is 12.3. The number of carbonyl (C=O) groups excluding carboxylic acids is 1. The molecule has 34 heavy (non-hydrogen) atoms. The van der Waals surface area contributed by atoms with Crippen molar-refractivity contribution in [2.45, 2.75) is 37.7 Å². The minimum Gasteiger partial charge on any atom is -0.467 e. The van der Waals surface area contributed by atoms with Crippen LogP contribution >= 0.6 is 0 Å². The van der Waals surface area contributed by atoms with E-state index in [1.54, 1.807) is 12.1 Å². The number of nitrogens with zero attached hydrogens (tertiary/aromatic N) is 3. The van der Waals surface area contributed by atoms with Gasteiger partial charge < -0.3 is 24.2 Å². The fourth-order valence-corrected chi connectivity index (χ4v) is 4.21. The number of fused-ring (bicyclic) bond motifs is 1. The lowest BCUT2D eigenvalue weighted by molar-refractivity contribution is -0.148. The van der Waals surface area contributed by atoms with Crippen LogP contribution in [0.1, 0.15) is 37.2 Å². The van der Waals surface area contributed by atoms with Crippen molar-refractivity contribution in [1.29, 1.82) is 0 Å². The fraction of sp³-hybridized carbons (Fsp3) is 0.333. The molecule has 4 aromatic rings. The number of imidazole rings is 1. The van der Waals surface area contributed by atoms with Crippen LogP contribution < -0.4 is 5.32 Å². The lowest BCUT2D eigenvalue weighted by Crippen LogP contribution is -2.24. The molecule has 2 N–H and O–H groups in total. The first kappa shape index (κ1) is 22.0. The van der Waals surface area contributed by atoms with Gasteiger partial charge in [0, 0.05) is 5.69 Å². The van der Waals surface area contributed by atoms with Crippen LogP contribution in [0.25, 0.3) is 22.7 Å². The molecule has 0 bridgehead atoms. The van der Waals surface area contributed by atoms with E-state index in [0.29, 0.717) is 17.4 Å². The quantitative estimate of drug-likeness (QED) is 0.377. The molecule has 0 amide bonds. The molecule has 0 aliphatic heterocycles. The average Bonchev–Trinajstić information content (AvgIpc) is 3.50. The minimum absolute atomic E-state index is 0.00461. The van der Waals surface area contributed by atoms with E-state index in [-0.39, 0.29) is 36.4 Å². The zero-order valence-electron chi connectivity index (χ0n) is 18.6. The van der Waals surface area contributed by atoms with E-state index >= 15 is 0 Å². The number of esters is 1. The number of benzene rings is 2. The Morgan fingerprint density at radius 1 is 1.15 bits per heavy atom. The lowest BCUT2D eigenvalue weighted by Gasteiger charge is -2.28. The second-order valence-corrected chi connectivity index (χ2v) is 8.27. The fourth-order valence-electron chi connectivity index (χ4n) is 4.21. The molecule has 2 aromatic carbocycles. The van der Waals surface area contributed by atoms with E-state index in [0.717, 1.165) is 36.7 Å². The number of aromatic nitrogens is 4. The van der Waals surface area contributed by atoms with Crippen LogP contribution in [-0.4, -0.2) is 46.0 Å². The van der Waals surface area contributed by atoms with Gasteiger partial charge in [0.15, 0.2) is 5.82 Å². The number of ether oxygens (including phenoxy) is 2. The van der Waals surface area contributed by atoms with Gasteiger partial charge in [-0.25, -0.2) is 14.2 Å². The number of hydrogen-bond donors (Lipinski definition) is 2. The topological polar surface area (TPSA) is 115 Å². The van der Waals surface area contributed by atoms with E-state index in [1.807, 2.05) is 6.07 Å². The molecule has 1 fully saturated rings. The van der Waals surface area contributed by atoms with Gasteiger partial charge in [-0.3, -0.25) is 0 Å². The Kier molecular flexibility index (Phi) is 6.22. The molecule has 1 aliphatic rings. The van der Waals surface area contributed by atoms with E-state index < -0.39 is 0 Å². The molecular formula is C24H24FN5O4. The van der Waals surface area contributed by atoms with Crippen molar-refractivity contribution in [2.24, 2.45) is 0 Å². The first-order valence-corrected chi connectivity index (χ1v) is 11.1. The third-order valence-corrected chi connectivity index (χ3v) is 6.04. The number of H-pyrrole nitrogens is 1. The first-order chi connectivity index (χ1) is 16.6. The maximum absolute atomic E-state index is 13.1. The second kappa shape index (κ2) is 9.60. The van der Waals surface area contributed by atoms with Gasteiger partial charge in [0.2, 0.25) is 0 Å². The van der Waals surface area contributed by atoms with Gasteiger partial charge in [-0.2, -0.15) is 0 Å². The summed E-state index contributed by atoms with van der Waals surface area (Å²) in [4.78, 5) is 19.1. The lowest BCUT2D eigenvalue weighted by atomic mass is 9.82. The Labute approximate surface area is 194 Å². The normalized spacial score (nSPS) is 18.2. The number of anilines is 2. The van der Waals surface area contributed by atoms with Crippen molar-refractivity contribution in [1.82, 2.24) is 20.2 Å². The van der Waals surface area contributed by atoms with Crippen LogP contribution in [0, 0.1) is 5.82 Å². The number of carbonyl (C=O) groups is 1. The van der Waals surface area contributed by atoms with Crippen LogP contribution in [0.2, 0.25) is 0 Å². The van der Waals surface area contributed by atoms with Crippen LogP contribution in [-0.2, 0) is 14.3 Å². The maximum Gasteiger partial charge on any atom is 0.331 e. The largest absolute Gasteiger partial charge is 0.467 e. The third-order valence-electron chi connectivity index (χ3n) is 6.04. The summed E-state index contributed by atoms with van der Waals surface area (Å²) in [6.07, 6.45) is 3.86. The summed E-state index contributed by atoms with van der Waals surface area (Å²) in [5, 5.41) is 11.0. The Morgan fingerprint density at radius 3 is 2.71 bits per heavy atom. The highest BCUT2D eigenvalue weighted by Crippen LogP contribution is 2.35. The van der Waals surface area contributed by atoms with Crippen LogP contribution in [0.3, 0.4) is 0 Å². The maximum atomic E-state index is 13.1. The molecule has 0 saturated heterocycles. The summed E-state index contributed by atoms with van der Waals surface area (Å²) < 4.78 is 29.0. The zero-order valence-corrected chi connectivity index (χ0v) is 18.6. The minimum atomic E-state index is -0.346. The van der Waals surface area contributed by atoms with Gasteiger partial charge in [-0.15, -0.1) is 5.10 Å². The van der Waals surface area contributed by atoms with Crippen molar-refractivity contribution in [2.75, 3.05) is 19.0 Å². The summed E-state index contributed by atoms with van der Waals surface area (Å²) in [5.74, 6) is 0.481. The number of methoxy groups -OCH3 is 1. The van der Waals surface area contributed by atoms with Crippen molar-refractivity contribution in [3.63, 3.8) is 0 Å². The number of hydrogen-bond acceptors (Lipinski definition) is 8. The van der Waals surface area contributed by atoms with Crippen molar-refractivity contribution >= 4 is 28.7 Å². The second-order valence-electron chi connectivity index (χ2n) is 8.27. The zero-order chi connectivity index (χ0) is 23.5. The first-order valence-electron chi connectivity index (χ1n) is 11.1. The average molecular weight is 465 g/mol. The number of aromatic amines is 1. The van der Waals surface area contributed by atoms with Crippen molar-refractivity contribution < 1.29 is 23.1 Å². The van der Waals surface area contributed by atoms with E-state index in [1.165, 1.54) is 24.8 Å². The Morgan fingerprint density at radius 2 is 1.94 bits per heavy atom. The predicted molar refractivity (Wildman–Crippen MR) is 122 cm³/mol. The van der Waals surface area contributed by atoms with Crippen molar-refractivity contribution in [3.05, 3.63) is 53.8 Å².